The zero-order valence-electron chi connectivity index (χ0n) is 12.9. The average Bonchev–Trinajstić information content (AvgIpc) is 2.96. The summed E-state index contributed by atoms with van der Waals surface area (Å²) >= 11 is 0. The molecule has 1 amide bonds. The average molecular weight is 297 g/mol. The molecular formula is C17H19N3O2+. The van der Waals surface area contributed by atoms with Gasteiger partial charge in [0.25, 0.3) is 0 Å². The normalized spacial score (nSPS) is 17.7. The van der Waals surface area contributed by atoms with Crippen molar-refractivity contribution in [3.05, 3.63) is 36.0 Å². The number of rotatable bonds is 5. The predicted molar refractivity (Wildman–Crippen MR) is 87.4 cm³/mol. The molecule has 113 valence electrons. The van der Waals surface area contributed by atoms with Gasteiger partial charge in [0.1, 0.15) is 17.2 Å². The van der Waals surface area contributed by atoms with E-state index in [0.29, 0.717) is 0 Å². The summed E-state index contributed by atoms with van der Waals surface area (Å²) in [6.45, 7) is 2.38. The van der Waals surface area contributed by atoms with Gasteiger partial charge in [-0.1, -0.05) is 30.4 Å². The number of benzene rings is 1. The van der Waals surface area contributed by atoms with E-state index in [0.717, 1.165) is 47.8 Å². The highest BCUT2D eigenvalue weighted by Crippen LogP contribution is 2.30. The van der Waals surface area contributed by atoms with Gasteiger partial charge in [0.05, 0.1) is 7.11 Å². The van der Waals surface area contributed by atoms with Crippen LogP contribution in [0.25, 0.3) is 5.70 Å². The fourth-order valence-electron chi connectivity index (χ4n) is 2.65. The molecule has 5 nitrogen and oxygen atoms in total. The number of ether oxygens (including phenoxy) is 1. The van der Waals surface area contributed by atoms with Crippen LogP contribution in [0.4, 0.5) is 0 Å². The highest BCUT2D eigenvalue weighted by atomic mass is 16.5. The molecule has 22 heavy (non-hydrogen) atoms. The largest absolute Gasteiger partial charge is 0.496 e. The molecule has 0 unspecified atom stereocenters. The maximum Gasteiger partial charge on any atom is 0.307 e. The number of hydrogen-bond donors (Lipinski definition) is 0. The molecule has 1 aromatic carbocycles. The lowest BCUT2D eigenvalue weighted by Gasteiger charge is -2.10. The molecule has 0 aliphatic carbocycles. The van der Waals surface area contributed by atoms with E-state index in [4.69, 9.17) is 9.73 Å². The first-order valence-corrected chi connectivity index (χ1v) is 7.54. The Labute approximate surface area is 130 Å². The molecule has 0 N–H and O–H groups in total. The minimum atomic E-state index is -0.109. The van der Waals surface area contributed by atoms with Crippen LogP contribution >= 0.6 is 0 Å². The number of carbonyl (C=O) groups excluding carboxylic acids is 1. The van der Waals surface area contributed by atoms with Gasteiger partial charge in [-0.15, -0.1) is 0 Å². The Bertz CT molecular complexity index is 689. The van der Waals surface area contributed by atoms with E-state index in [1.807, 2.05) is 35.4 Å². The number of aliphatic imine (C=N–C) groups is 2. The second-order valence-corrected chi connectivity index (χ2v) is 5.33. The van der Waals surface area contributed by atoms with Crippen LogP contribution in [0.3, 0.4) is 0 Å². The monoisotopic (exact) mass is 297 g/mol. The fourth-order valence-corrected chi connectivity index (χ4v) is 2.65. The number of para-hydroxylation sites is 1. The summed E-state index contributed by atoms with van der Waals surface area (Å²) in [7, 11) is 1.65. The second kappa shape index (κ2) is 6.23. The quantitative estimate of drug-likeness (QED) is 0.785. The van der Waals surface area contributed by atoms with E-state index in [9.17, 15) is 4.79 Å². The van der Waals surface area contributed by atoms with Crippen LogP contribution < -0.4 is 9.64 Å². The van der Waals surface area contributed by atoms with Crippen LogP contribution in [0, 0.1) is 0 Å². The molecule has 2 aliphatic rings. The molecule has 0 saturated heterocycles. The summed E-state index contributed by atoms with van der Waals surface area (Å²) in [5.41, 5.74) is 2.53. The number of methoxy groups -OCH3 is 1. The molecule has 0 aromatic heterocycles. The third-order valence-corrected chi connectivity index (χ3v) is 3.75. The molecular weight excluding hydrogens is 278 g/mol. The predicted octanol–water partition coefficient (Wildman–Crippen LogP) is 2.72. The summed E-state index contributed by atoms with van der Waals surface area (Å²) in [6, 6.07) is 7.76. The zero-order chi connectivity index (χ0) is 15.5. The van der Waals surface area contributed by atoms with E-state index >= 15 is 0 Å². The van der Waals surface area contributed by atoms with Crippen LogP contribution in [-0.4, -0.2) is 31.1 Å². The number of hydrogen-bond acceptors (Lipinski definition) is 4. The molecule has 2 aliphatic heterocycles. The van der Waals surface area contributed by atoms with Gasteiger partial charge in [0.15, 0.2) is 6.20 Å². The summed E-state index contributed by atoms with van der Waals surface area (Å²) in [5.74, 6) is 1.47. The van der Waals surface area contributed by atoms with Gasteiger partial charge in [0.2, 0.25) is 6.54 Å². The first kappa shape index (κ1) is 14.7. The van der Waals surface area contributed by atoms with Crippen molar-refractivity contribution in [2.75, 3.05) is 13.7 Å². The van der Waals surface area contributed by atoms with Crippen molar-refractivity contribution in [2.24, 2.45) is 9.98 Å². The lowest BCUT2D eigenvalue weighted by Crippen LogP contribution is -2.43. The number of fused-ring (bicyclic) bond motifs is 1. The lowest BCUT2D eigenvalue weighted by atomic mass is 10.1. The molecule has 0 saturated carbocycles. The zero-order valence-corrected chi connectivity index (χ0v) is 12.9. The van der Waals surface area contributed by atoms with Crippen molar-refractivity contribution in [1.82, 2.24) is 4.90 Å². The molecule has 3 rings (SSSR count). The minimum Gasteiger partial charge on any atom is -0.496 e. The van der Waals surface area contributed by atoms with Gasteiger partial charge in [-0.05, 0) is 25.0 Å². The molecule has 1 radical (unpaired) electrons. The summed E-state index contributed by atoms with van der Waals surface area (Å²) in [6.07, 6.45) is 4.76. The SMILES string of the molecule is CCCCC1=NC(=O)C[N+]2C=C(c3ccccc3OC)N=C12. The van der Waals surface area contributed by atoms with Crippen LogP contribution in [0.1, 0.15) is 31.7 Å². The first-order valence-electron chi connectivity index (χ1n) is 7.54. The number of nitrogens with zero attached hydrogens (tertiary/aromatic N) is 3. The molecule has 0 atom stereocenters. The van der Waals surface area contributed by atoms with Crippen LogP contribution in [0.5, 0.6) is 5.75 Å². The minimum absolute atomic E-state index is 0.109. The van der Waals surface area contributed by atoms with Crippen LogP contribution in [-0.2, 0) is 4.79 Å². The summed E-state index contributed by atoms with van der Waals surface area (Å²) in [4.78, 5) is 22.6. The molecule has 0 fully saturated rings. The molecule has 2 heterocycles. The van der Waals surface area contributed by atoms with Gasteiger partial charge >= 0.3 is 11.7 Å². The van der Waals surface area contributed by atoms with Gasteiger partial charge in [0, 0.05) is 5.56 Å². The van der Waals surface area contributed by atoms with Crippen molar-refractivity contribution in [2.45, 2.75) is 26.2 Å². The van der Waals surface area contributed by atoms with Crippen molar-refractivity contribution in [3.63, 3.8) is 0 Å². The smallest absolute Gasteiger partial charge is 0.307 e. The van der Waals surface area contributed by atoms with Crippen LogP contribution in [0.2, 0.25) is 0 Å². The third kappa shape index (κ3) is 2.72. The molecule has 0 bridgehead atoms. The topological polar surface area (TPSA) is 56.9 Å². The number of unbranched alkanes of at least 4 members (excludes halogenated alkanes) is 1. The Hall–Kier alpha value is -2.27. The van der Waals surface area contributed by atoms with Crippen molar-refractivity contribution < 1.29 is 9.53 Å². The molecule has 5 heteroatoms. The van der Waals surface area contributed by atoms with Gasteiger partial charge in [-0.2, -0.15) is 4.99 Å². The summed E-state index contributed by atoms with van der Waals surface area (Å²) in [5, 5.41) is 0. The van der Waals surface area contributed by atoms with E-state index in [-0.39, 0.29) is 12.5 Å². The second-order valence-electron chi connectivity index (χ2n) is 5.33. The third-order valence-electron chi connectivity index (χ3n) is 3.75. The van der Waals surface area contributed by atoms with Gasteiger partial charge in [-0.25, -0.2) is 4.99 Å². The van der Waals surface area contributed by atoms with E-state index < -0.39 is 0 Å². The van der Waals surface area contributed by atoms with Gasteiger partial charge < -0.3 is 4.74 Å². The van der Waals surface area contributed by atoms with E-state index in [1.165, 1.54) is 0 Å². The van der Waals surface area contributed by atoms with Crippen molar-refractivity contribution in [1.29, 1.82) is 0 Å². The number of amidine groups is 1. The lowest BCUT2D eigenvalue weighted by molar-refractivity contribution is -0.117. The Morgan fingerprint density at radius 1 is 1.27 bits per heavy atom. The van der Waals surface area contributed by atoms with Gasteiger partial charge in [-0.3, -0.25) is 4.79 Å². The maximum atomic E-state index is 11.8. The van der Waals surface area contributed by atoms with Crippen molar-refractivity contribution in [3.8, 4) is 5.75 Å². The van der Waals surface area contributed by atoms with Crippen molar-refractivity contribution >= 4 is 23.2 Å². The van der Waals surface area contributed by atoms with E-state index in [1.54, 1.807) is 7.11 Å². The Balaban J connectivity index is 1.95. The Kier molecular flexibility index (Phi) is 4.15. The Morgan fingerprint density at radius 2 is 2.09 bits per heavy atom. The maximum absolute atomic E-state index is 11.8. The Morgan fingerprint density at radius 3 is 2.86 bits per heavy atom. The molecule has 1 aromatic rings. The number of carbonyl (C=O) groups is 1. The highest BCUT2D eigenvalue weighted by molar-refractivity contribution is 6.46. The standard InChI is InChI=1S/C17H19N3O2/c1-3-4-8-13-17-19-14(10-20(17)11-16(21)18-13)12-7-5-6-9-15(12)22-2/h5-7,9-10H,3-4,8,11H2,1-2H3/q+1. The van der Waals surface area contributed by atoms with Crippen LogP contribution in [0.15, 0.2) is 40.5 Å². The molecule has 0 spiro atoms. The number of amides is 1. The fraction of sp³-hybridized carbons (Fsp3) is 0.353. The first-order chi connectivity index (χ1) is 10.7. The summed E-state index contributed by atoms with van der Waals surface area (Å²) < 4.78 is 5.40. The van der Waals surface area contributed by atoms with E-state index in [2.05, 4.69) is 11.9 Å². The highest BCUT2D eigenvalue weighted by Gasteiger charge is 2.39.